The summed E-state index contributed by atoms with van der Waals surface area (Å²) in [6.07, 6.45) is 4.66. The third-order valence-corrected chi connectivity index (χ3v) is 5.17. The van der Waals surface area contributed by atoms with Crippen molar-refractivity contribution in [3.8, 4) is 0 Å². The van der Waals surface area contributed by atoms with Crippen molar-refractivity contribution in [3.05, 3.63) is 17.5 Å². The summed E-state index contributed by atoms with van der Waals surface area (Å²) in [5.41, 5.74) is 2.20. The van der Waals surface area contributed by atoms with Crippen LogP contribution in [-0.4, -0.2) is 65.0 Å². The third kappa shape index (κ3) is 4.73. The number of nitrogens with one attached hydrogen (secondary N) is 1. The van der Waals surface area contributed by atoms with Crippen LogP contribution in [0.25, 0.3) is 0 Å². The molecule has 1 fully saturated rings. The molecule has 0 unspecified atom stereocenters. The number of unbranched alkanes of at least 4 members (excludes halogenated alkanes) is 1. The smallest absolute Gasteiger partial charge is 0.317 e. The minimum absolute atomic E-state index is 0.0164. The molecule has 0 aromatic carbocycles. The van der Waals surface area contributed by atoms with Gasteiger partial charge in [0.15, 0.2) is 0 Å². The lowest BCUT2D eigenvalue weighted by Crippen LogP contribution is -2.47. The van der Waals surface area contributed by atoms with Gasteiger partial charge in [0.1, 0.15) is 0 Å². The average Bonchev–Trinajstić information content (AvgIpc) is 3.06. The number of hydrogen-bond donors (Lipinski definition) is 1. The van der Waals surface area contributed by atoms with E-state index in [2.05, 4.69) is 33.0 Å². The molecule has 3 heterocycles. The summed E-state index contributed by atoms with van der Waals surface area (Å²) in [4.78, 5) is 16.7. The Morgan fingerprint density at radius 3 is 3.08 bits per heavy atom. The number of aromatic nitrogens is 2. The molecule has 3 rings (SSSR count). The van der Waals surface area contributed by atoms with Gasteiger partial charge in [-0.1, -0.05) is 13.3 Å². The van der Waals surface area contributed by atoms with E-state index in [1.807, 2.05) is 4.90 Å². The number of methoxy groups -OCH3 is 1. The second-order valence-corrected chi connectivity index (χ2v) is 7.08. The van der Waals surface area contributed by atoms with Crippen LogP contribution < -0.4 is 5.32 Å². The van der Waals surface area contributed by atoms with E-state index in [0.29, 0.717) is 13.1 Å². The molecule has 2 aliphatic heterocycles. The highest BCUT2D eigenvalue weighted by molar-refractivity contribution is 5.74. The zero-order valence-corrected chi connectivity index (χ0v) is 15.5. The first-order valence-corrected chi connectivity index (χ1v) is 9.53. The fourth-order valence-corrected chi connectivity index (χ4v) is 3.63. The van der Waals surface area contributed by atoms with E-state index in [1.54, 1.807) is 7.11 Å². The van der Waals surface area contributed by atoms with E-state index < -0.39 is 0 Å². The summed E-state index contributed by atoms with van der Waals surface area (Å²) in [5, 5.41) is 7.66. The maximum absolute atomic E-state index is 12.4. The van der Waals surface area contributed by atoms with Crippen LogP contribution in [0.1, 0.15) is 44.0 Å². The zero-order valence-electron chi connectivity index (χ0n) is 15.5. The van der Waals surface area contributed by atoms with Crippen molar-refractivity contribution in [1.82, 2.24) is 24.9 Å². The van der Waals surface area contributed by atoms with Crippen molar-refractivity contribution < 1.29 is 9.53 Å². The summed E-state index contributed by atoms with van der Waals surface area (Å²) in [5.74, 6) is 0. The normalized spacial score (nSPS) is 21.2. The molecule has 25 heavy (non-hydrogen) atoms. The van der Waals surface area contributed by atoms with Gasteiger partial charge in [-0.15, -0.1) is 0 Å². The largest absolute Gasteiger partial charge is 0.380 e. The first-order valence-electron chi connectivity index (χ1n) is 9.53. The highest BCUT2D eigenvalue weighted by Crippen LogP contribution is 2.15. The molecule has 0 spiro atoms. The molecule has 0 aliphatic carbocycles. The summed E-state index contributed by atoms with van der Waals surface area (Å²) < 4.78 is 7.47. The number of hydrogen-bond acceptors (Lipinski definition) is 4. The fourth-order valence-electron chi connectivity index (χ4n) is 3.63. The van der Waals surface area contributed by atoms with Crippen molar-refractivity contribution in [3.63, 3.8) is 0 Å². The van der Waals surface area contributed by atoms with Gasteiger partial charge >= 0.3 is 6.03 Å². The summed E-state index contributed by atoms with van der Waals surface area (Å²) in [6, 6.07) is 2.12. The minimum Gasteiger partial charge on any atom is -0.380 e. The van der Waals surface area contributed by atoms with E-state index >= 15 is 0 Å². The number of piperidine rings is 1. The SMILES string of the molecule is CCCCN1CCn2nc(CNC(=O)N3CCC[C@H](OC)C3)cc2C1. The zero-order chi connectivity index (χ0) is 17.6. The van der Waals surface area contributed by atoms with Gasteiger partial charge < -0.3 is 15.0 Å². The molecular weight excluding hydrogens is 318 g/mol. The number of carbonyl (C=O) groups is 1. The number of likely N-dealkylation sites (tertiary alicyclic amines) is 1. The summed E-state index contributed by atoms with van der Waals surface area (Å²) >= 11 is 0. The molecule has 1 N–H and O–H groups in total. The maximum Gasteiger partial charge on any atom is 0.317 e. The van der Waals surface area contributed by atoms with Gasteiger partial charge in [-0.3, -0.25) is 9.58 Å². The molecule has 140 valence electrons. The Hall–Kier alpha value is -1.60. The van der Waals surface area contributed by atoms with Crippen molar-refractivity contribution in [2.75, 3.05) is 33.3 Å². The second kappa shape index (κ2) is 8.67. The minimum atomic E-state index is -0.0164. The van der Waals surface area contributed by atoms with Crippen LogP contribution in [0.4, 0.5) is 4.79 Å². The van der Waals surface area contributed by atoms with Gasteiger partial charge in [-0.25, -0.2) is 4.79 Å². The molecule has 2 amide bonds. The van der Waals surface area contributed by atoms with E-state index in [-0.39, 0.29) is 12.1 Å². The van der Waals surface area contributed by atoms with Crippen LogP contribution >= 0.6 is 0 Å². The molecule has 1 atom stereocenters. The molecule has 1 aromatic heterocycles. The Morgan fingerprint density at radius 1 is 1.40 bits per heavy atom. The van der Waals surface area contributed by atoms with Crippen molar-refractivity contribution >= 4 is 6.03 Å². The summed E-state index contributed by atoms with van der Waals surface area (Å²) in [6.45, 7) is 8.31. The van der Waals surface area contributed by atoms with Crippen LogP contribution in [0.15, 0.2) is 6.07 Å². The number of fused-ring (bicyclic) bond motifs is 1. The van der Waals surface area contributed by atoms with Gasteiger partial charge in [0, 0.05) is 33.3 Å². The van der Waals surface area contributed by atoms with Crippen LogP contribution in [0.5, 0.6) is 0 Å². The quantitative estimate of drug-likeness (QED) is 0.851. The number of amides is 2. The van der Waals surface area contributed by atoms with E-state index in [9.17, 15) is 4.79 Å². The van der Waals surface area contributed by atoms with Crippen LogP contribution in [0.2, 0.25) is 0 Å². The highest BCUT2D eigenvalue weighted by Gasteiger charge is 2.23. The van der Waals surface area contributed by atoms with Gasteiger partial charge in [0.2, 0.25) is 0 Å². The van der Waals surface area contributed by atoms with Crippen molar-refractivity contribution in [1.29, 1.82) is 0 Å². The Balaban J connectivity index is 1.49. The predicted octanol–water partition coefficient (Wildman–Crippen LogP) is 1.82. The van der Waals surface area contributed by atoms with Crippen molar-refractivity contribution in [2.45, 2.75) is 58.3 Å². The van der Waals surface area contributed by atoms with E-state index in [0.717, 1.165) is 51.3 Å². The molecule has 2 aliphatic rings. The van der Waals surface area contributed by atoms with Crippen LogP contribution in [0, 0.1) is 0 Å². The Labute approximate surface area is 150 Å². The lowest BCUT2D eigenvalue weighted by molar-refractivity contribution is 0.0434. The first kappa shape index (κ1) is 18.2. The van der Waals surface area contributed by atoms with Crippen molar-refractivity contribution in [2.24, 2.45) is 0 Å². The first-order chi connectivity index (χ1) is 12.2. The summed E-state index contributed by atoms with van der Waals surface area (Å²) in [7, 11) is 1.71. The fraction of sp³-hybridized carbons (Fsp3) is 0.778. The topological polar surface area (TPSA) is 62.6 Å². The Kier molecular flexibility index (Phi) is 6.31. The molecule has 7 nitrogen and oxygen atoms in total. The highest BCUT2D eigenvalue weighted by atomic mass is 16.5. The van der Waals surface area contributed by atoms with Crippen LogP contribution in [0.3, 0.4) is 0 Å². The lowest BCUT2D eigenvalue weighted by atomic mass is 10.1. The molecule has 0 saturated carbocycles. The molecule has 1 saturated heterocycles. The van der Waals surface area contributed by atoms with Gasteiger partial charge in [0.05, 0.1) is 30.6 Å². The standard InChI is InChI=1S/C18H31N5O2/c1-3-4-7-21-9-10-23-16(13-21)11-15(20-23)12-19-18(24)22-8-5-6-17(14-22)25-2/h11,17H,3-10,12-14H2,1-2H3,(H,19,24)/t17-/m0/s1. The predicted molar refractivity (Wildman–Crippen MR) is 96.3 cm³/mol. The van der Waals surface area contributed by atoms with E-state index in [4.69, 9.17) is 4.74 Å². The number of ether oxygens (including phenoxy) is 1. The second-order valence-electron chi connectivity index (χ2n) is 7.08. The molecule has 1 aromatic rings. The Morgan fingerprint density at radius 2 is 2.28 bits per heavy atom. The number of nitrogens with zero attached hydrogens (tertiary/aromatic N) is 4. The maximum atomic E-state index is 12.4. The van der Waals surface area contributed by atoms with Gasteiger partial charge in [0.25, 0.3) is 0 Å². The molecular formula is C18H31N5O2. The van der Waals surface area contributed by atoms with Gasteiger partial charge in [-0.2, -0.15) is 5.10 Å². The molecule has 7 heteroatoms. The average molecular weight is 349 g/mol. The Bertz CT molecular complexity index is 574. The third-order valence-electron chi connectivity index (χ3n) is 5.17. The molecule has 0 radical (unpaired) electrons. The monoisotopic (exact) mass is 349 g/mol. The van der Waals surface area contributed by atoms with E-state index in [1.165, 1.54) is 18.5 Å². The number of urea groups is 1. The molecule has 0 bridgehead atoms. The number of rotatable bonds is 6. The lowest BCUT2D eigenvalue weighted by Gasteiger charge is -2.31. The van der Waals surface area contributed by atoms with Gasteiger partial charge in [-0.05, 0) is 31.9 Å². The number of carbonyl (C=O) groups excluding carboxylic acids is 1. The van der Waals surface area contributed by atoms with Crippen LogP contribution in [-0.2, 0) is 24.4 Å².